The molecule has 1 aromatic heterocycles. The number of piperidine rings is 1. The fourth-order valence-corrected chi connectivity index (χ4v) is 3.85. The Hall–Kier alpha value is -0.950. The molecule has 1 unspecified atom stereocenters. The molecule has 22 heavy (non-hydrogen) atoms. The van der Waals surface area contributed by atoms with Crippen LogP contribution >= 0.6 is 11.3 Å². The van der Waals surface area contributed by atoms with E-state index in [0.717, 1.165) is 45.6 Å². The van der Waals surface area contributed by atoms with Gasteiger partial charge in [-0.15, -0.1) is 11.3 Å². The van der Waals surface area contributed by atoms with Crippen molar-refractivity contribution >= 4 is 17.2 Å². The van der Waals surface area contributed by atoms with Crippen molar-refractivity contribution in [1.29, 1.82) is 0 Å². The van der Waals surface area contributed by atoms with Gasteiger partial charge >= 0.3 is 0 Å². The quantitative estimate of drug-likeness (QED) is 0.855. The topological polar surface area (TPSA) is 53.6 Å². The van der Waals surface area contributed by atoms with E-state index in [9.17, 15) is 4.79 Å². The summed E-state index contributed by atoms with van der Waals surface area (Å²) in [4.78, 5) is 16.0. The second-order valence-electron chi connectivity index (χ2n) is 6.10. The van der Waals surface area contributed by atoms with Gasteiger partial charge in [0.15, 0.2) is 0 Å². The van der Waals surface area contributed by atoms with Crippen LogP contribution in [-0.2, 0) is 16.1 Å². The molecule has 0 radical (unpaired) electrons. The normalized spacial score (nSPS) is 24.3. The summed E-state index contributed by atoms with van der Waals surface area (Å²) >= 11 is 1.82. The third-order valence-corrected chi connectivity index (χ3v) is 5.19. The number of nitrogens with zero attached hydrogens (tertiary/aromatic N) is 1. The summed E-state index contributed by atoms with van der Waals surface area (Å²) in [5.41, 5.74) is 0. The Morgan fingerprint density at radius 1 is 1.45 bits per heavy atom. The third-order valence-electron chi connectivity index (χ3n) is 4.33. The van der Waals surface area contributed by atoms with E-state index in [-0.39, 0.29) is 12.0 Å². The maximum atomic E-state index is 12.1. The number of thiophene rings is 1. The zero-order chi connectivity index (χ0) is 15.2. The highest BCUT2D eigenvalue weighted by Gasteiger charge is 2.23. The van der Waals surface area contributed by atoms with Crippen LogP contribution in [0.3, 0.4) is 0 Å². The molecule has 3 heterocycles. The minimum atomic E-state index is 0.0349. The van der Waals surface area contributed by atoms with Gasteiger partial charge in [0.2, 0.25) is 5.91 Å². The molecule has 1 amide bonds. The van der Waals surface area contributed by atoms with Gasteiger partial charge in [0.25, 0.3) is 0 Å². The van der Waals surface area contributed by atoms with Crippen molar-refractivity contribution in [3.05, 3.63) is 22.4 Å². The maximum Gasteiger partial charge on any atom is 0.222 e. The zero-order valence-corrected chi connectivity index (χ0v) is 13.7. The number of hydrogen-bond donors (Lipinski definition) is 2. The van der Waals surface area contributed by atoms with E-state index >= 15 is 0 Å². The largest absolute Gasteiger partial charge is 0.375 e. The van der Waals surface area contributed by atoms with Gasteiger partial charge in [0.05, 0.1) is 19.1 Å². The van der Waals surface area contributed by atoms with Crippen molar-refractivity contribution in [3.63, 3.8) is 0 Å². The summed E-state index contributed by atoms with van der Waals surface area (Å²) in [5.74, 6) is 0.130. The van der Waals surface area contributed by atoms with Gasteiger partial charge in [0, 0.05) is 43.6 Å². The number of carbonyl (C=O) groups is 1. The van der Waals surface area contributed by atoms with Crippen LogP contribution in [0.15, 0.2) is 17.5 Å². The predicted molar refractivity (Wildman–Crippen MR) is 88.0 cm³/mol. The molecule has 2 aliphatic rings. The molecule has 5 nitrogen and oxygen atoms in total. The summed E-state index contributed by atoms with van der Waals surface area (Å²) in [6, 6.07) is 4.62. The lowest BCUT2D eigenvalue weighted by atomic mass is 10.0. The number of amides is 1. The predicted octanol–water partition coefficient (Wildman–Crippen LogP) is 1.21. The Morgan fingerprint density at radius 2 is 2.32 bits per heavy atom. The first-order valence-electron chi connectivity index (χ1n) is 8.16. The van der Waals surface area contributed by atoms with E-state index in [1.54, 1.807) is 0 Å². The molecule has 6 heteroatoms. The average Bonchev–Trinajstić information content (AvgIpc) is 3.03. The van der Waals surface area contributed by atoms with Crippen molar-refractivity contribution in [1.82, 2.24) is 15.5 Å². The number of nitrogens with one attached hydrogen (secondary N) is 2. The molecular formula is C16H25N3O2S. The molecule has 0 spiro atoms. The number of likely N-dealkylation sites (tertiary alicyclic amines) is 1. The van der Waals surface area contributed by atoms with Crippen LogP contribution in [0.25, 0.3) is 0 Å². The summed E-state index contributed by atoms with van der Waals surface area (Å²) in [7, 11) is 0. The Labute approximate surface area is 136 Å². The van der Waals surface area contributed by atoms with Crippen LogP contribution in [0.5, 0.6) is 0 Å². The van der Waals surface area contributed by atoms with Crippen LogP contribution in [0, 0.1) is 0 Å². The summed E-state index contributed by atoms with van der Waals surface area (Å²) < 4.78 is 5.58. The van der Waals surface area contributed by atoms with E-state index in [0.29, 0.717) is 19.1 Å². The molecule has 0 aliphatic carbocycles. The van der Waals surface area contributed by atoms with Gasteiger partial charge in [-0.05, 0) is 24.3 Å². The molecule has 2 aliphatic heterocycles. The summed E-state index contributed by atoms with van der Waals surface area (Å²) in [5, 5.41) is 8.56. The molecule has 2 fully saturated rings. The van der Waals surface area contributed by atoms with Crippen LogP contribution in [0.1, 0.15) is 24.1 Å². The van der Waals surface area contributed by atoms with Crippen molar-refractivity contribution in [2.24, 2.45) is 0 Å². The van der Waals surface area contributed by atoms with Gasteiger partial charge in [-0.25, -0.2) is 0 Å². The van der Waals surface area contributed by atoms with Crippen molar-refractivity contribution in [3.8, 4) is 0 Å². The first-order chi connectivity index (χ1) is 10.8. The van der Waals surface area contributed by atoms with E-state index < -0.39 is 0 Å². The summed E-state index contributed by atoms with van der Waals surface area (Å²) in [6.45, 7) is 5.54. The second-order valence-corrected chi connectivity index (χ2v) is 7.13. The molecule has 2 N–H and O–H groups in total. The molecule has 0 saturated carbocycles. The highest BCUT2D eigenvalue weighted by atomic mass is 32.1. The maximum absolute atomic E-state index is 12.1. The Morgan fingerprint density at radius 3 is 3.00 bits per heavy atom. The number of rotatable bonds is 5. The monoisotopic (exact) mass is 323 g/mol. The standard InChI is InChI=1S/C16H25N3O2S/c20-16(10-14-11-17-5-8-21-14)18-13-3-6-19(7-4-13)12-15-2-1-9-22-15/h1-2,9,13-14,17H,3-8,10-12H2,(H,18,20). The van der Waals surface area contributed by atoms with Crippen LogP contribution in [0.2, 0.25) is 0 Å². The van der Waals surface area contributed by atoms with E-state index in [1.165, 1.54) is 4.88 Å². The zero-order valence-electron chi connectivity index (χ0n) is 12.9. The van der Waals surface area contributed by atoms with E-state index in [1.807, 2.05) is 11.3 Å². The SMILES string of the molecule is O=C(CC1CNCCO1)NC1CCN(Cc2cccs2)CC1. The van der Waals surface area contributed by atoms with Gasteiger partial charge in [-0.2, -0.15) is 0 Å². The fraction of sp³-hybridized carbons (Fsp3) is 0.688. The number of carbonyl (C=O) groups excluding carboxylic acids is 1. The van der Waals surface area contributed by atoms with Gasteiger partial charge in [0.1, 0.15) is 0 Å². The van der Waals surface area contributed by atoms with Gasteiger partial charge in [-0.3, -0.25) is 9.69 Å². The molecule has 1 atom stereocenters. The molecule has 3 rings (SSSR count). The minimum absolute atomic E-state index is 0.0349. The van der Waals surface area contributed by atoms with Gasteiger partial charge in [-0.1, -0.05) is 6.07 Å². The second kappa shape index (κ2) is 8.06. The highest BCUT2D eigenvalue weighted by molar-refractivity contribution is 7.09. The molecule has 0 bridgehead atoms. The van der Waals surface area contributed by atoms with Crippen LogP contribution < -0.4 is 10.6 Å². The van der Waals surface area contributed by atoms with Crippen molar-refractivity contribution in [2.75, 3.05) is 32.8 Å². The third kappa shape index (κ3) is 4.78. The van der Waals surface area contributed by atoms with Crippen LogP contribution in [0.4, 0.5) is 0 Å². The lowest BCUT2D eigenvalue weighted by molar-refractivity contribution is -0.125. The average molecular weight is 323 g/mol. The van der Waals surface area contributed by atoms with Gasteiger partial charge < -0.3 is 15.4 Å². The number of morpholine rings is 1. The Kier molecular flexibility index (Phi) is 5.83. The fourth-order valence-electron chi connectivity index (χ4n) is 3.10. The molecule has 122 valence electrons. The molecular weight excluding hydrogens is 298 g/mol. The number of ether oxygens (including phenoxy) is 1. The first kappa shape index (κ1) is 15.9. The Balaban J connectivity index is 1.35. The number of hydrogen-bond acceptors (Lipinski definition) is 5. The first-order valence-corrected chi connectivity index (χ1v) is 9.04. The highest BCUT2D eigenvalue weighted by Crippen LogP contribution is 2.17. The minimum Gasteiger partial charge on any atom is -0.375 e. The lowest BCUT2D eigenvalue weighted by Gasteiger charge is -2.32. The Bertz CT molecular complexity index is 452. The van der Waals surface area contributed by atoms with Crippen molar-refractivity contribution < 1.29 is 9.53 Å². The van der Waals surface area contributed by atoms with Crippen molar-refractivity contribution in [2.45, 2.75) is 38.0 Å². The van der Waals surface area contributed by atoms with E-state index in [4.69, 9.17) is 4.74 Å². The van der Waals surface area contributed by atoms with Crippen LogP contribution in [-0.4, -0.2) is 55.7 Å². The lowest BCUT2D eigenvalue weighted by Crippen LogP contribution is -2.46. The smallest absolute Gasteiger partial charge is 0.222 e. The summed E-state index contributed by atoms with van der Waals surface area (Å²) in [6.07, 6.45) is 2.59. The molecule has 0 aromatic carbocycles. The molecule has 1 aromatic rings. The van der Waals surface area contributed by atoms with E-state index in [2.05, 4.69) is 33.0 Å². The molecule has 2 saturated heterocycles.